The van der Waals surface area contributed by atoms with Gasteiger partial charge in [-0.25, -0.2) is 0 Å². The Labute approximate surface area is 179 Å². The van der Waals surface area contributed by atoms with Crippen molar-refractivity contribution >= 4 is 30.7 Å². The minimum Gasteiger partial charge on any atom is -0.508 e. The number of amides is 1. The van der Waals surface area contributed by atoms with E-state index in [1.54, 1.807) is 12.1 Å². The molecule has 1 aliphatic rings. The number of rotatable bonds is 5. The second-order valence-electron chi connectivity index (χ2n) is 7.00. The highest BCUT2D eigenvalue weighted by atomic mass is 35.5. The Morgan fingerprint density at radius 2 is 1.68 bits per heavy atom. The second-order valence-corrected chi connectivity index (χ2v) is 7.00. The van der Waals surface area contributed by atoms with E-state index >= 15 is 0 Å². The van der Waals surface area contributed by atoms with Gasteiger partial charge in [0.05, 0.1) is 5.92 Å². The summed E-state index contributed by atoms with van der Waals surface area (Å²) in [6.07, 6.45) is 0. The van der Waals surface area contributed by atoms with Crippen molar-refractivity contribution in [3.05, 3.63) is 65.7 Å². The molecule has 1 fully saturated rings. The topological polar surface area (TPSA) is 69.8 Å². The minimum atomic E-state index is -0.283. The number of aromatic hydroxyl groups is 1. The van der Waals surface area contributed by atoms with Crippen LogP contribution in [0.25, 0.3) is 0 Å². The van der Waals surface area contributed by atoms with Crippen LogP contribution in [0.3, 0.4) is 0 Å². The molecule has 2 atom stereocenters. The zero-order chi connectivity index (χ0) is 18.5. The van der Waals surface area contributed by atoms with Crippen LogP contribution in [0, 0.1) is 5.92 Å². The first-order valence-electron chi connectivity index (χ1n) is 9.14. The van der Waals surface area contributed by atoms with Crippen LogP contribution < -0.4 is 5.73 Å². The molecule has 0 aliphatic carbocycles. The van der Waals surface area contributed by atoms with E-state index in [2.05, 4.69) is 4.90 Å². The Morgan fingerprint density at radius 3 is 2.29 bits per heavy atom. The Bertz CT molecular complexity index is 737. The van der Waals surface area contributed by atoms with Crippen LogP contribution in [0.2, 0.25) is 0 Å². The van der Waals surface area contributed by atoms with Crippen molar-refractivity contribution in [3.63, 3.8) is 0 Å². The Balaban J connectivity index is 0.00000196. The third-order valence-electron chi connectivity index (χ3n) is 5.11. The average molecular weight is 426 g/mol. The molecule has 7 heteroatoms. The molecular formula is C21H29Cl2N3O2. The quantitative estimate of drug-likeness (QED) is 0.771. The highest BCUT2D eigenvalue weighted by molar-refractivity contribution is 5.85. The first-order valence-corrected chi connectivity index (χ1v) is 9.14. The number of nitrogens with two attached hydrogens (primary N) is 1. The van der Waals surface area contributed by atoms with Gasteiger partial charge in [0.15, 0.2) is 0 Å². The molecule has 5 nitrogen and oxygen atoms in total. The summed E-state index contributed by atoms with van der Waals surface area (Å²) >= 11 is 0. The summed E-state index contributed by atoms with van der Waals surface area (Å²) in [4.78, 5) is 17.0. The molecule has 0 saturated carbocycles. The number of carbonyl (C=O) groups excluding carboxylic acids is 1. The number of hydrogen-bond donors (Lipinski definition) is 2. The standard InChI is InChI=1S/C21H27N3O2.2ClH/c1-16(20(22)18-7-3-2-4-8-18)21(26)24-12-10-23(11-13-24)15-17-6-5-9-19(25)14-17;;/h2-9,14,16,20,25H,10-13,15,22H2,1H3;2*1H. The normalized spacial score (nSPS) is 16.4. The molecule has 2 unspecified atom stereocenters. The maximum absolute atomic E-state index is 12.8. The van der Waals surface area contributed by atoms with Crippen molar-refractivity contribution in [1.29, 1.82) is 0 Å². The number of hydrogen-bond acceptors (Lipinski definition) is 4. The van der Waals surface area contributed by atoms with Crippen molar-refractivity contribution in [2.24, 2.45) is 11.7 Å². The van der Waals surface area contributed by atoms with Gasteiger partial charge in [0.1, 0.15) is 5.75 Å². The summed E-state index contributed by atoms with van der Waals surface area (Å²) in [6, 6.07) is 16.9. The number of phenolic OH excluding ortho intramolecular Hbond substituents is 1. The summed E-state index contributed by atoms with van der Waals surface area (Å²) in [6.45, 7) is 5.78. The van der Waals surface area contributed by atoms with Gasteiger partial charge in [-0.3, -0.25) is 9.69 Å². The zero-order valence-electron chi connectivity index (χ0n) is 16.0. The van der Waals surface area contributed by atoms with Gasteiger partial charge in [0.2, 0.25) is 5.91 Å². The summed E-state index contributed by atoms with van der Waals surface area (Å²) in [5.41, 5.74) is 8.39. The molecule has 1 aliphatic heterocycles. The second kappa shape index (κ2) is 11.3. The third kappa shape index (κ3) is 6.11. The maximum atomic E-state index is 12.8. The lowest BCUT2D eigenvalue weighted by Gasteiger charge is -2.37. The van der Waals surface area contributed by atoms with Crippen LogP contribution in [-0.2, 0) is 11.3 Å². The molecule has 3 rings (SSSR count). The predicted molar refractivity (Wildman–Crippen MR) is 117 cm³/mol. The van der Waals surface area contributed by atoms with Crippen LogP contribution in [0.15, 0.2) is 54.6 Å². The summed E-state index contributed by atoms with van der Waals surface area (Å²) in [7, 11) is 0. The molecule has 3 N–H and O–H groups in total. The first-order chi connectivity index (χ1) is 12.5. The molecule has 2 aromatic carbocycles. The summed E-state index contributed by atoms with van der Waals surface area (Å²) in [5, 5.41) is 9.58. The summed E-state index contributed by atoms with van der Waals surface area (Å²) in [5.74, 6) is 0.174. The molecule has 1 amide bonds. The van der Waals surface area contributed by atoms with E-state index in [0.717, 1.165) is 30.8 Å². The monoisotopic (exact) mass is 425 g/mol. The zero-order valence-corrected chi connectivity index (χ0v) is 17.7. The minimum absolute atomic E-state index is 0. The molecule has 154 valence electrons. The van der Waals surface area contributed by atoms with Gasteiger partial charge in [0.25, 0.3) is 0 Å². The van der Waals surface area contributed by atoms with Crippen molar-refractivity contribution in [2.75, 3.05) is 26.2 Å². The number of carbonyl (C=O) groups is 1. The fourth-order valence-electron chi connectivity index (χ4n) is 3.44. The summed E-state index contributed by atoms with van der Waals surface area (Å²) < 4.78 is 0. The first kappa shape index (κ1) is 24.2. The molecular weight excluding hydrogens is 397 g/mol. The van der Waals surface area contributed by atoms with Gasteiger partial charge < -0.3 is 15.7 Å². The number of piperazine rings is 1. The molecule has 2 aromatic rings. The van der Waals surface area contributed by atoms with Gasteiger partial charge in [-0.1, -0.05) is 49.4 Å². The molecule has 0 radical (unpaired) electrons. The van der Waals surface area contributed by atoms with E-state index in [9.17, 15) is 9.90 Å². The van der Waals surface area contributed by atoms with Crippen LogP contribution in [0.4, 0.5) is 0 Å². The Hall–Kier alpha value is -1.79. The molecule has 0 bridgehead atoms. The lowest BCUT2D eigenvalue weighted by atomic mass is 9.94. The number of phenols is 1. The van der Waals surface area contributed by atoms with E-state index in [1.807, 2.05) is 54.3 Å². The van der Waals surface area contributed by atoms with Gasteiger partial charge in [-0.2, -0.15) is 0 Å². The van der Waals surface area contributed by atoms with E-state index in [0.29, 0.717) is 18.8 Å². The Morgan fingerprint density at radius 1 is 1.04 bits per heavy atom. The molecule has 0 aromatic heterocycles. The van der Waals surface area contributed by atoms with Crippen molar-refractivity contribution in [1.82, 2.24) is 9.80 Å². The van der Waals surface area contributed by atoms with Gasteiger partial charge in [-0.15, -0.1) is 24.8 Å². The van der Waals surface area contributed by atoms with Gasteiger partial charge >= 0.3 is 0 Å². The lowest BCUT2D eigenvalue weighted by molar-refractivity contribution is -0.137. The fourth-order valence-corrected chi connectivity index (χ4v) is 3.44. The molecule has 0 spiro atoms. The van der Waals surface area contributed by atoms with Gasteiger partial charge in [0, 0.05) is 38.8 Å². The van der Waals surface area contributed by atoms with E-state index in [4.69, 9.17) is 5.73 Å². The van der Waals surface area contributed by atoms with Gasteiger partial charge in [-0.05, 0) is 23.3 Å². The fraction of sp³-hybridized carbons (Fsp3) is 0.381. The number of halogens is 2. The SMILES string of the molecule is CC(C(=O)N1CCN(Cc2cccc(O)c2)CC1)C(N)c1ccccc1.Cl.Cl. The van der Waals surface area contributed by atoms with Crippen molar-refractivity contribution in [3.8, 4) is 5.75 Å². The molecule has 1 heterocycles. The van der Waals surface area contributed by atoms with Crippen LogP contribution in [-0.4, -0.2) is 47.0 Å². The van der Waals surface area contributed by atoms with E-state index < -0.39 is 0 Å². The van der Waals surface area contributed by atoms with Crippen LogP contribution in [0.5, 0.6) is 5.75 Å². The van der Waals surface area contributed by atoms with Crippen molar-refractivity contribution in [2.45, 2.75) is 19.5 Å². The maximum Gasteiger partial charge on any atom is 0.227 e. The van der Waals surface area contributed by atoms with Crippen LogP contribution in [0.1, 0.15) is 24.1 Å². The third-order valence-corrected chi connectivity index (χ3v) is 5.11. The number of benzene rings is 2. The predicted octanol–water partition coefficient (Wildman–Crippen LogP) is 3.22. The molecule has 28 heavy (non-hydrogen) atoms. The van der Waals surface area contributed by atoms with Crippen LogP contribution >= 0.6 is 24.8 Å². The van der Waals surface area contributed by atoms with Crippen molar-refractivity contribution < 1.29 is 9.90 Å². The highest BCUT2D eigenvalue weighted by Gasteiger charge is 2.29. The lowest BCUT2D eigenvalue weighted by Crippen LogP contribution is -2.50. The average Bonchev–Trinajstić information content (AvgIpc) is 2.67. The highest BCUT2D eigenvalue weighted by Crippen LogP contribution is 2.22. The smallest absolute Gasteiger partial charge is 0.227 e. The Kier molecular flexibility index (Phi) is 9.76. The van der Waals surface area contributed by atoms with E-state index in [1.165, 1.54) is 0 Å². The van der Waals surface area contributed by atoms with E-state index in [-0.39, 0.29) is 42.7 Å². The largest absolute Gasteiger partial charge is 0.508 e. The molecule has 1 saturated heterocycles. The number of nitrogens with zero attached hydrogens (tertiary/aromatic N) is 2.